The van der Waals surface area contributed by atoms with Crippen molar-refractivity contribution >= 4 is 29.6 Å². The Morgan fingerprint density at radius 3 is 2.58 bits per heavy atom. The predicted molar refractivity (Wildman–Crippen MR) is 135 cm³/mol. The summed E-state index contributed by atoms with van der Waals surface area (Å²) in [6, 6.07) is 17.3. The quantitative estimate of drug-likeness (QED) is 0.451. The number of pyridine rings is 1. The number of aromatic nitrogens is 1. The summed E-state index contributed by atoms with van der Waals surface area (Å²) in [7, 11) is 0. The SMILES string of the molecule is CC1=C(C(=O)OCc2ccccc2)C(c2cccc(Cl)c2)N(C(=O)NCCc2cccnc2)C(=O)N1. The highest BCUT2D eigenvalue weighted by Gasteiger charge is 2.42. The number of carbonyl (C=O) groups excluding carboxylic acids is 3. The molecule has 9 heteroatoms. The van der Waals surface area contributed by atoms with Crippen LogP contribution in [0.3, 0.4) is 0 Å². The lowest BCUT2D eigenvalue weighted by Gasteiger charge is -2.36. The van der Waals surface area contributed by atoms with Gasteiger partial charge in [-0.2, -0.15) is 0 Å². The summed E-state index contributed by atoms with van der Waals surface area (Å²) in [5, 5.41) is 5.80. The molecule has 2 aromatic carbocycles. The number of nitrogens with one attached hydrogen (secondary N) is 2. The van der Waals surface area contributed by atoms with Gasteiger partial charge in [-0.15, -0.1) is 0 Å². The molecule has 0 saturated carbocycles. The molecule has 2 N–H and O–H groups in total. The summed E-state index contributed by atoms with van der Waals surface area (Å²) in [6.07, 6.45) is 3.90. The lowest BCUT2D eigenvalue weighted by molar-refractivity contribution is -0.141. The Morgan fingerprint density at radius 2 is 1.86 bits per heavy atom. The minimum atomic E-state index is -1.03. The summed E-state index contributed by atoms with van der Waals surface area (Å²) in [5.41, 5.74) is 2.71. The molecule has 0 bridgehead atoms. The van der Waals surface area contributed by atoms with E-state index in [0.29, 0.717) is 22.7 Å². The first-order valence-corrected chi connectivity index (χ1v) is 11.8. The average Bonchev–Trinajstić information content (AvgIpc) is 2.88. The number of imide groups is 1. The highest BCUT2D eigenvalue weighted by molar-refractivity contribution is 6.30. The van der Waals surface area contributed by atoms with Gasteiger partial charge in [0.25, 0.3) is 0 Å². The first kappa shape index (κ1) is 24.9. The molecule has 0 spiro atoms. The van der Waals surface area contributed by atoms with Crippen molar-refractivity contribution < 1.29 is 19.1 Å². The van der Waals surface area contributed by atoms with Gasteiger partial charge in [-0.05, 0) is 48.2 Å². The third-order valence-corrected chi connectivity index (χ3v) is 5.91. The number of benzene rings is 2. The van der Waals surface area contributed by atoms with Crippen molar-refractivity contribution in [1.29, 1.82) is 0 Å². The van der Waals surface area contributed by atoms with Crippen LogP contribution in [0.25, 0.3) is 0 Å². The van der Waals surface area contributed by atoms with Gasteiger partial charge in [-0.3, -0.25) is 4.98 Å². The van der Waals surface area contributed by atoms with Gasteiger partial charge in [0.2, 0.25) is 0 Å². The molecule has 0 fully saturated rings. The number of amides is 4. The largest absolute Gasteiger partial charge is 0.457 e. The molecule has 1 unspecified atom stereocenters. The third-order valence-electron chi connectivity index (χ3n) is 5.68. The molecule has 36 heavy (non-hydrogen) atoms. The molecule has 1 aliphatic rings. The van der Waals surface area contributed by atoms with Crippen LogP contribution in [-0.4, -0.2) is 34.5 Å². The van der Waals surface area contributed by atoms with Gasteiger partial charge in [-0.25, -0.2) is 19.3 Å². The number of halogens is 1. The molecule has 0 saturated heterocycles. The Balaban J connectivity index is 1.60. The molecule has 0 aliphatic carbocycles. The number of nitrogens with zero attached hydrogens (tertiary/aromatic N) is 2. The maximum atomic E-state index is 13.3. The van der Waals surface area contributed by atoms with Crippen LogP contribution in [0.4, 0.5) is 9.59 Å². The first-order chi connectivity index (χ1) is 17.4. The molecule has 8 nitrogen and oxygen atoms in total. The number of allylic oxidation sites excluding steroid dienone is 1. The van der Waals surface area contributed by atoms with Gasteiger partial charge < -0.3 is 15.4 Å². The van der Waals surface area contributed by atoms with E-state index < -0.39 is 24.1 Å². The van der Waals surface area contributed by atoms with Crippen molar-refractivity contribution in [3.05, 3.63) is 112 Å². The summed E-state index contributed by atoms with van der Waals surface area (Å²) in [6.45, 7) is 1.92. The number of carbonyl (C=O) groups is 3. The van der Waals surface area contributed by atoms with Crippen LogP contribution >= 0.6 is 11.6 Å². The number of urea groups is 2. The van der Waals surface area contributed by atoms with Crippen LogP contribution in [0.15, 0.2) is 90.4 Å². The highest BCUT2D eigenvalue weighted by atomic mass is 35.5. The molecule has 1 aliphatic heterocycles. The molecule has 0 radical (unpaired) electrons. The van der Waals surface area contributed by atoms with Crippen molar-refractivity contribution in [3.8, 4) is 0 Å². The smallest absolute Gasteiger partial charge is 0.338 e. The molecule has 1 aromatic heterocycles. The second kappa shape index (κ2) is 11.5. The van der Waals surface area contributed by atoms with Crippen LogP contribution < -0.4 is 10.6 Å². The van der Waals surface area contributed by atoms with Gasteiger partial charge in [0.1, 0.15) is 12.6 Å². The van der Waals surface area contributed by atoms with Crippen LogP contribution in [0.1, 0.15) is 29.7 Å². The van der Waals surface area contributed by atoms with E-state index in [1.165, 1.54) is 0 Å². The van der Waals surface area contributed by atoms with Crippen LogP contribution in [0.5, 0.6) is 0 Å². The maximum absolute atomic E-state index is 13.3. The zero-order valence-electron chi connectivity index (χ0n) is 19.6. The van der Waals surface area contributed by atoms with E-state index in [2.05, 4.69) is 15.6 Å². The Kier molecular flexibility index (Phi) is 7.97. The fourth-order valence-electron chi connectivity index (χ4n) is 3.95. The van der Waals surface area contributed by atoms with Crippen LogP contribution in [0, 0.1) is 0 Å². The topological polar surface area (TPSA) is 101 Å². The predicted octanol–water partition coefficient (Wildman–Crippen LogP) is 4.77. The molecule has 4 amide bonds. The van der Waals surface area contributed by atoms with E-state index in [4.69, 9.17) is 16.3 Å². The van der Waals surface area contributed by atoms with Crippen molar-refractivity contribution in [2.24, 2.45) is 0 Å². The summed E-state index contributed by atoms with van der Waals surface area (Å²) in [4.78, 5) is 44.6. The second-order valence-corrected chi connectivity index (χ2v) is 8.64. The number of hydrogen-bond acceptors (Lipinski definition) is 5. The average molecular weight is 505 g/mol. The number of rotatable bonds is 7. The van der Waals surface area contributed by atoms with Crippen molar-refractivity contribution in [2.45, 2.75) is 26.0 Å². The molecule has 184 valence electrons. The third kappa shape index (κ3) is 5.90. The minimum Gasteiger partial charge on any atom is -0.457 e. The van der Waals surface area contributed by atoms with Gasteiger partial charge >= 0.3 is 18.0 Å². The molecule has 3 aromatic rings. The molecule has 1 atom stereocenters. The Morgan fingerprint density at radius 1 is 1.08 bits per heavy atom. The Labute approximate surface area is 213 Å². The monoisotopic (exact) mass is 504 g/mol. The fraction of sp³-hybridized carbons (Fsp3) is 0.185. The molecular weight excluding hydrogens is 480 g/mol. The van der Waals surface area contributed by atoms with Crippen molar-refractivity contribution in [3.63, 3.8) is 0 Å². The van der Waals surface area contributed by atoms with Gasteiger partial charge in [-0.1, -0.05) is 60.1 Å². The highest BCUT2D eigenvalue weighted by Crippen LogP contribution is 2.35. The Bertz CT molecular complexity index is 1280. The molecule has 4 rings (SSSR count). The zero-order chi connectivity index (χ0) is 25.5. The van der Waals surface area contributed by atoms with Crippen molar-refractivity contribution in [2.75, 3.05) is 6.54 Å². The van der Waals surface area contributed by atoms with Crippen LogP contribution in [-0.2, 0) is 22.6 Å². The zero-order valence-corrected chi connectivity index (χ0v) is 20.4. The van der Waals surface area contributed by atoms with E-state index in [-0.39, 0.29) is 18.7 Å². The number of hydrogen-bond donors (Lipinski definition) is 2. The van der Waals surface area contributed by atoms with E-state index in [1.807, 2.05) is 42.5 Å². The second-order valence-electron chi connectivity index (χ2n) is 8.20. The lowest BCUT2D eigenvalue weighted by atomic mass is 9.94. The normalized spacial score (nSPS) is 15.3. The lowest BCUT2D eigenvalue weighted by Crippen LogP contribution is -2.54. The van der Waals surface area contributed by atoms with E-state index >= 15 is 0 Å². The van der Waals surface area contributed by atoms with E-state index in [1.54, 1.807) is 43.6 Å². The van der Waals surface area contributed by atoms with Gasteiger partial charge in [0.05, 0.1) is 5.57 Å². The minimum absolute atomic E-state index is 0.0456. The van der Waals surface area contributed by atoms with Gasteiger partial charge in [0.15, 0.2) is 0 Å². The summed E-state index contributed by atoms with van der Waals surface area (Å²) >= 11 is 6.23. The van der Waals surface area contributed by atoms with Crippen LogP contribution in [0.2, 0.25) is 5.02 Å². The molecular formula is C27H25ClN4O4. The Hall–Kier alpha value is -4.17. The molecule has 2 heterocycles. The summed E-state index contributed by atoms with van der Waals surface area (Å²) in [5.74, 6) is -0.644. The maximum Gasteiger partial charge on any atom is 0.338 e. The fourth-order valence-corrected chi connectivity index (χ4v) is 4.15. The number of ether oxygens (including phenoxy) is 1. The van der Waals surface area contributed by atoms with Crippen molar-refractivity contribution in [1.82, 2.24) is 20.5 Å². The van der Waals surface area contributed by atoms with E-state index in [0.717, 1.165) is 16.0 Å². The van der Waals surface area contributed by atoms with E-state index in [9.17, 15) is 14.4 Å². The van der Waals surface area contributed by atoms with Gasteiger partial charge in [0, 0.05) is 29.7 Å². The standard InChI is InChI=1S/C27H25ClN4O4/c1-18-23(25(33)36-17-20-7-3-2-4-8-20)24(21-10-5-11-22(28)15-21)32(27(35)31-18)26(34)30-14-12-19-9-6-13-29-16-19/h2-11,13,15-16,24H,12,14,17H2,1H3,(H,30,34)(H,31,35). The first-order valence-electron chi connectivity index (χ1n) is 11.4. The number of esters is 1. The summed E-state index contributed by atoms with van der Waals surface area (Å²) < 4.78 is 5.58.